The Kier molecular flexibility index (Phi) is 5.10. The smallest absolute Gasteiger partial charge is 0.179 e. The Labute approximate surface area is 161 Å². The van der Waals surface area contributed by atoms with Crippen LogP contribution in [0.2, 0.25) is 0 Å². The molecule has 0 amide bonds. The van der Waals surface area contributed by atoms with Gasteiger partial charge < -0.3 is 5.11 Å². The van der Waals surface area contributed by atoms with Crippen molar-refractivity contribution in [3.05, 3.63) is 66.2 Å². The molecule has 1 N–H and O–H groups in total. The van der Waals surface area contributed by atoms with Gasteiger partial charge in [-0.2, -0.15) is 0 Å². The lowest BCUT2D eigenvalue weighted by Crippen LogP contribution is -2.43. The first-order valence-corrected chi connectivity index (χ1v) is 11.4. The van der Waals surface area contributed by atoms with Crippen LogP contribution in [0.4, 0.5) is 0 Å². The fourth-order valence-electron chi connectivity index (χ4n) is 5.15. The van der Waals surface area contributed by atoms with E-state index < -0.39 is 9.84 Å². The van der Waals surface area contributed by atoms with Crippen LogP contribution in [-0.2, 0) is 16.3 Å². The third-order valence-electron chi connectivity index (χ3n) is 6.43. The Morgan fingerprint density at radius 3 is 2.33 bits per heavy atom. The van der Waals surface area contributed by atoms with Gasteiger partial charge in [-0.15, -0.1) is 0 Å². The first-order valence-electron chi connectivity index (χ1n) is 9.72. The Bertz CT molecular complexity index is 869. The quantitative estimate of drug-likeness (QED) is 0.796. The first-order chi connectivity index (χ1) is 13.0. The van der Waals surface area contributed by atoms with Crippen molar-refractivity contribution in [2.75, 3.05) is 18.9 Å². The summed E-state index contributed by atoms with van der Waals surface area (Å²) in [5, 5.41) is 10.3. The molecule has 0 aromatic heterocycles. The number of aliphatic hydroxyl groups is 1. The summed E-state index contributed by atoms with van der Waals surface area (Å²) in [6.07, 6.45) is 3.96. The van der Waals surface area contributed by atoms with Gasteiger partial charge >= 0.3 is 0 Å². The second kappa shape index (κ2) is 7.38. The van der Waals surface area contributed by atoms with Gasteiger partial charge in [-0.05, 0) is 43.4 Å². The van der Waals surface area contributed by atoms with E-state index in [1.807, 2.05) is 24.3 Å². The lowest BCUT2D eigenvalue weighted by molar-refractivity contribution is 0.0781. The lowest BCUT2D eigenvalue weighted by atomic mass is 9.70. The molecule has 27 heavy (non-hydrogen) atoms. The highest BCUT2D eigenvalue weighted by molar-refractivity contribution is 7.91. The molecule has 144 valence electrons. The zero-order valence-electron chi connectivity index (χ0n) is 15.5. The third kappa shape index (κ3) is 3.56. The molecule has 2 aliphatic rings. The summed E-state index contributed by atoms with van der Waals surface area (Å²) in [6, 6.07) is 19.7. The van der Waals surface area contributed by atoms with Crippen molar-refractivity contribution in [3.63, 3.8) is 0 Å². The van der Waals surface area contributed by atoms with Gasteiger partial charge in [0.2, 0.25) is 0 Å². The molecule has 2 aromatic rings. The standard InChI is InChI=1S/C22H27NO3S/c24-17-22(15-18-7-3-1-4-8-18)16-19-11-12-21(22)23(19)13-14-27(25,26)20-9-5-2-6-10-20/h1-10,19,21,24H,11-17H2/t19-,21+,22-/m1/s1. The maximum atomic E-state index is 12.7. The van der Waals surface area contributed by atoms with Gasteiger partial charge in [0.25, 0.3) is 0 Å². The highest BCUT2D eigenvalue weighted by Gasteiger charge is 2.55. The van der Waals surface area contributed by atoms with Crippen LogP contribution in [-0.4, -0.2) is 49.4 Å². The van der Waals surface area contributed by atoms with Gasteiger partial charge in [0.1, 0.15) is 0 Å². The van der Waals surface area contributed by atoms with E-state index in [4.69, 9.17) is 0 Å². The molecule has 5 heteroatoms. The molecule has 2 fully saturated rings. The largest absolute Gasteiger partial charge is 0.396 e. The number of fused-ring (bicyclic) bond motifs is 2. The van der Waals surface area contributed by atoms with Gasteiger partial charge in [0, 0.05) is 24.0 Å². The fourth-order valence-corrected chi connectivity index (χ4v) is 6.41. The number of aliphatic hydroxyl groups excluding tert-OH is 1. The van der Waals surface area contributed by atoms with E-state index in [0.717, 1.165) is 25.7 Å². The van der Waals surface area contributed by atoms with Crippen molar-refractivity contribution in [2.45, 2.75) is 42.7 Å². The average molecular weight is 386 g/mol. The van der Waals surface area contributed by atoms with Gasteiger partial charge in [-0.25, -0.2) is 8.42 Å². The number of sulfone groups is 1. The number of nitrogens with zero attached hydrogens (tertiary/aromatic N) is 1. The number of benzene rings is 2. The lowest BCUT2D eigenvalue weighted by Gasteiger charge is -2.36. The highest BCUT2D eigenvalue weighted by atomic mass is 32.2. The topological polar surface area (TPSA) is 57.6 Å². The van der Waals surface area contributed by atoms with Crippen LogP contribution in [0, 0.1) is 5.41 Å². The van der Waals surface area contributed by atoms with Crippen LogP contribution in [0.15, 0.2) is 65.6 Å². The number of hydrogen-bond acceptors (Lipinski definition) is 4. The zero-order chi connectivity index (χ0) is 18.9. The molecule has 2 heterocycles. The molecule has 0 saturated carbocycles. The minimum absolute atomic E-state index is 0.136. The molecule has 2 aliphatic heterocycles. The molecule has 0 aliphatic carbocycles. The average Bonchev–Trinajstić information content (AvgIpc) is 3.23. The summed E-state index contributed by atoms with van der Waals surface area (Å²) in [5.41, 5.74) is 1.09. The fraction of sp³-hybridized carbons (Fsp3) is 0.455. The van der Waals surface area contributed by atoms with Crippen LogP contribution < -0.4 is 0 Å². The Hall–Kier alpha value is -1.69. The zero-order valence-corrected chi connectivity index (χ0v) is 16.3. The van der Waals surface area contributed by atoms with Crippen molar-refractivity contribution < 1.29 is 13.5 Å². The van der Waals surface area contributed by atoms with Crippen LogP contribution in [0.3, 0.4) is 0 Å². The summed E-state index contributed by atoms with van der Waals surface area (Å²) in [5.74, 6) is 0.136. The van der Waals surface area contributed by atoms with Crippen molar-refractivity contribution in [1.29, 1.82) is 0 Å². The molecule has 4 nitrogen and oxygen atoms in total. The second-order valence-corrected chi connectivity index (χ2v) is 10.1. The predicted octanol–water partition coefficient (Wildman–Crippen LogP) is 2.92. The van der Waals surface area contributed by atoms with E-state index >= 15 is 0 Å². The summed E-state index contributed by atoms with van der Waals surface area (Å²) in [7, 11) is -3.27. The van der Waals surface area contributed by atoms with Crippen molar-refractivity contribution in [1.82, 2.24) is 4.90 Å². The van der Waals surface area contributed by atoms with Gasteiger partial charge in [-0.1, -0.05) is 48.5 Å². The maximum absolute atomic E-state index is 12.7. The van der Waals surface area contributed by atoms with E-state index in [-0.39, 0.29) is 23.8 Å². The molecule has 3 atom stereocenters. The highest BCUT2D eigenvalue weighted by Crippen LogP contribution is 2.51. The summed E-state index contributed by atoms with van der Waals surface area (Å²) in [4.78, 5) is 2.76. The monoisotopic (exact) mass is 385 g/mol. The first kappa shape index (κ1) is 18.7. The molecule has 4 rings (SSSR count). The summed E-state index contributed by atoms with van der Waals surface area (Å²) >= 11 is 0. The van der Waals surface area contributed by atoms with Crippen molar-refractivity contribution in [3.8, 4) is 0 Å². The summed E-state index contributed by atoms with van der Waals surface area (Å²) < 4.78 is 25.3. The second-order valence-electron chi connectivity index (χ2n) is 8.00. The predicted molar refractivity (Wildman–Crippen MR) is 106 cm³/mol. The van der Waals surface area contributed by atoms with E-state index in [2.05, 4.69) is 17.0 Å². The number of rotatable bonds is 7. The molecule has 0 unspecified atom stereocenters. The SMILES string of the molecule is O=S(=O)(CCN1[C@@H]2CC[C@H]1[C@](CO)(Cc1ccccc1)C2)c1ccccc1. The Balaban J connectivity index is 1.49. The van der Waals surface area contributed by atoms with Gasteiger partial charge in [-0.3, -0.25) is 4.90 Å². The molecule has 0 radical (unpaired) electrons. The minimum Gasteiger partial charge on any atom is -0.396 e. The van der Waals surface area contributed by atoms with Gasteiger partial charge in [0.15, 0.2) is 9.84 Å². The molecular formula is C22H27NO3S. The van der Waals surface area contributed by atoms with Crippen molar-refractivity contribution >= 4 is 9.84 Å². The van der Waals surface area contributed by atoms with Crippen LogP contribution in [0.5, 0.6) is 0 Å². The van der Waals surface area contributed by atoms with Crippen LogP contribution in [0.25, 0.3) is 0 Å². The van der Waals surface area contributed by atoms with E-state index in [1.54, 1.807) is 24.3 Å². The third-order valence-corrected chi connectivity index (χ3v) is 8.14. The number of hydrogen-bond donors (Lipinski definition) is 1. The molecule has 2 bridgehead atoms. The van der Waals surface area contributed by atoms with E-state index in [0.29, 0.717) is 17.5 Å². The molecule has 0 spiro atoms. The van der Waals surface area contributed by atoms with E-state index in [9.17, 15) is 13.5 Å². The minimum atomic E-state index is -3.27. The normalized spacial score (nSPS) is 27.9. The van der Waals surface area contributed by atoms with Crippen molar-refractivity contribution in [2.24, 2.45) is 5.41 Å². The van der Waals surface area contributed by atoms with Crippen LogP contribution >= 0.6 is 0 Å². The van der Waals surface area contributed by atoms with E-state index in [1.165, 1.54) is 5.56 Å². The Morgan fingerprint density at radius 2 is 1.67 bits per heavy atom. The summed E-state index contributed by atoms with van der Waals surface area (Å²) in [6.45, 7) is 0.702. The molecule has 2 aromatic carbocycles. The Morgan fingerprint density at radius 1 is 1.00 bits per heavy atom. The van der Waals surface area contributed by atoms with Crippen LogP contribution in [0.1, 0.15) is 24.8 Å². The van der Waals surface area contributed by atoms with Gasteiger partial charge in [0.05, 0.1) is 17.3 Å². The molecule has 2 saturated heterocycles. The maximum Gasteiger partial charge on any atom is 0.179 e. The molecular weight excluding hydrogens is 358 g/mol.